The van der Waals surface area contributed by atoms with Gasteiger partial charge in [-0.25, -0.2) is 12.8 Å². The van der Waals surface area contributed by atoms with E-state index in [0.717, 1.165) is 12.1 Å². The fourth-order valence-corrected chi connectivity index (χ4v) is 2.63. The zero-order valence-electron chi connectivity index (χ0n) is 9.96. The lowest BCUT2D eigenvalue weighted by molar-refractivity contribution is -0.385. The highest BCUT2D eigenvalue weighted by Gasteiger charge is 2.24. The number of hydrogen-bond donors (Lipinski definition) is 1. The van der Waals surface area contributed by atoms with Gasteiger partial charge in [0.25, 0.3) is 5.69 Å². The molecule has 1 atom stereocenters. The third-order valence-corrected chi connectivity index (χ3v) is 3.81. The van der Waals surface area contributed by atoms with Crippen molar-refractivity contribution in [3.05, 3.63) is 34.1 Å². The molecule has 1 aromatic rings. The van der Waals surface area contributed by atoms with Crippen LogP contribution in [-0.2, 0) is 10.0 Å². The fraction of sp³-hybridized carbons (Fsp3) is 0.273. The summed E-state index contributed by atoms with van der Waals surface area (Å²) in [6, 6.07) is 1.46. The first-order chi connectivity index (χ1) is 8.81. The molecule has 0 aliphatic carbocycles. The predicted octanol–water partition coefficient (Wildman–Crippen LogP) is 1.42. The molecule has 0 bridgehead atoms. The predicted molar refractivity (Wildman–Crippen MR) is 66.3 cm³/mol. The highest BCUT2D eigenvalue weighted by molar-refractivity contribution is 7.89. The summed E-state index contributed by atoms with van der Waals surface area (Å²) >= 11 is 0. The van der Waals surface area contributed by atoms with Crippen LogP contribution in [-0.4, -0.2) is 19.4 Å². The average molecular weight is 286 g/mol. The van der Waals surface area contributed by atoms with Crippen LogP contribution >= 0.6 is 0 Å². The van der Waals surface area contributed by atoms with E-state index in [2.05, 4.69) is 10.6 Å². The Balaban J connectivity index is 3.25. The first kappa shape index (κ1) is 15.1. The second-order valence-corrected chi connectivity index (χ2v) is 5.30. The highest BCUT2D eigenvalue weighted by Crippen LogP contribution is 2.21. The molecule has 1 rings (SSSR count). The van der Waals surface area contributed by atoms with Crippen LogP contribution in [0.4, 0.5) is 10.1 Å². The summed E-state index contributed by atoms with van der Waals surface area (Å²) in [4.78, 5) is 8.96. The van der Waals surface area contributed by atoms with E-state index < -0.39 is 37.4 Å². The molecule has 1 unspecified atom stereocenters. The second-order valence-electron chi connectivity index (χ2n) is 3.62. The maximum atomic E-state index is 13.5. The van der Waals surface area contributed by atoms with Crippen molar-refractivity contribution in [3.63, 3.8) is 0 Å². The standard InChI is InChI=1S/C11H11FN2O4S/c1-3-8(4-2)13-19(17,18)11-7-9(14(15)16)5-6-10(11)12/h1,5-8,13H,4H2,2H3. The van der Waals surface area contributed by atoms with Gasteiger partial charge in [-0.15, -0.1) is 6.42 Å². The first-order valence-corrected chi connectivity index (χ1v) is 6.72. The summed E-state index contributed by atoms with van der Waals surface area (Å²) in [5, 5.41) is 10.6. The Kier molecular flexibility index (Phi) is 4.58. The van der Waals surface area contributed by atoms with Crippen molar-refractivity contribution in [1.29, 1.82) is 0 Å². The normalized spacial score (nSPS) is 12.7. The maximum Gasteiger partial charge on any atom is 0.270 e. The third-order valence-electron chi connectivity index (χ3n) is 2.32. The van der Waals surface area contributed by atoms with E-state index in [1.165, 1.54) is 0 Å². The van der Waals surface area contributed by atoms with Crippen molar-refractivity contribution < 1.29 is 17.7 Å². The van der Waals surface area contributed by atoms with Gasteiger partial charge in [0, 0.05) is 12.1 Å². The van der Waals surface area contributed by atoms with Crippen molar-refractivity contribution >= 4 is 15.7 Å². The minimum atomic E-state index is -4.24. The van der Waals surface area contributed by atoms with Gasteiger partial charge in [-0.3, -0.25) is 10.1 Å². The summed E-state index contributed by atoms with van der Waals surface area (Å²) < 4.78 is 39.4. The van der Waals surface area contributed by atoms with Crippen LogP contribution in [0.25, 0.3) is 0 Å². The number of terminal acetylenes is 1. The molecule has 0 radical (unpaired) electrons. The van der Waals surface area contributed by atoms with E-state index >= 15 is 0 Å². The molecule has 6 nitrogen and oxygen atoms in total. The van der Waals surface area contributed by atoms with Gasteiger partial charge in [0.15, 0.2) is 0 Å². The molecule has 0 amide bonds. The summed E-state index contributed by atoms with van der Waals surface area (Å²) in [5.74, 6) is 1.11. The molecule has 0 heterocycles. The monoisotopic (exact) mass is 286 g/mol. The summed E-state index contributed by atoms with van der Waals surface area (Å²) in [5.41, 5.74) is -0.518. The number of nitro groups is 1. The molecule has 8 heteroatoms. The number of hydrogen-bond acceptors (Lipinski definition) is 4. The van der Waals surface area contributed by atoms with Gasteiger partial charge in [-0.05, 0) is 12.5 Å². The molecule has 0 aliphatic heterocycles. The second kappa shape index (κ2) is 5.77. The number of nitrogens with one attached hydrogen (secondary N) is 1. The zero-order valence-corrected chi connectivity index (χ0v) is 10.8. The molecule has 0 aromatic heterocycles. The van der Waals surface area contributed by atoms with Gasteiger partial charge < -0.3 is 0 Å². The SMILES string of the molecule is C#CC(CC)NS(=O)(=O)c1cc([N+](=O)[O-])ccc1F. The van der Waals surface area contributed by atoms with Crippen LogP contribution in [0.15, 0.2) is 23.1 Å². The van der Waals surface area contributed by atoms with E-state index in [0.29, 0.717) is 12.5 Å². The summed E-state index contributed by atoms with van der Waals surface area (Å²) in [6.45, 7) is 1.65. The van der Waals surface area contributed by atoms with Crippen LogP contribution in [0.2, 0.25) is 0 Å². The molecular formula is C11H11FN2O4S. The minimum absolute atomic E-state index is 0.312. The van der Waals surface area contributed by atoms with E-state index in [4.69, 9.17) is 6.42 Å². The van der Waals surface area contributed by atoms with Gasteiger partial charge in [0.2, 0.25) is 10.0 Å². The largest absolute Gasteiger partial charge is 0.270 e. The Morgan fingerprint density at radius 1 is 1.58 bits per heavy atom. The first-order valence-electron chi connectivity index (χ1n) is 5.24. The molecular weight excluding hydrogens is 275 g/mol. The van der Waals surface area contributed by atoms with Crippen molar-refractivity contribution in [2.24, 2.45) is 0 Å². The smallest absolute Gasteiger partial charge is 0.258 e. The maximum absolute atomic E-state index is 13.5. The molecule has 1 N–H and O–H groups in total. The van der Waals surface area contributed by atoms with Crippen molar-refractivity contribution in [1.82, 2.24) is 4.72 Å². The van der Waals surface area contributed by atoms with Gasteiger partial charge in [-0.1, -0.05) is 12.8 Å². The molecule has 0 aliphatic rings. The molecule has 0 spiro atoms. The lowest BCUT2D eigenvalue weighted by atomic mass is 10.3. The van der Waals surface area contributed by atoms with Crippen molar-refractivity contribution in [2.75, 3.05) is 0 Å². The number of non-ortho nitro benzene ring substituents is 1. The molecule has 1 aromatic carbocycles. The number of sulfonamides is 1. The van der Waals surface area contributed by atoms with Crippen molar-refractivity contribution in [3.8, 4) is 12.3 Å². The minimum Gasteiger partial charge on any atom is -0.258 e. The van der Waals surface area contributed by atoms with Gasteiger partial charge in [0.05, 0.1) is 11.0 Å². The molecule has 19 heavy (non-hydrogen) atoms. The summed E-state index contributed by atoms with van der Waals surface area (Å²) in [7, 11) is -4.24. The fourth-order valence-electron chi connectivity index (χ4n) is 1.30. The van der Waals surface area contributed by atoms with E-state index in [1.807, 2.05) is 0 Å². The van der Waals surface area contributed by atoms with E-state index in [9.17, 15) is 22.9 Å². The zero-order chi connectivity index (χ0) is 14.6. The van der Waals surface area contributed by atoms with Crippen LogP contribution in [0.5, 0.6) is 0 Å². The molecule has 0 saturated heterocycles. The Morgan fingerprint density at radius 2 is 2.21 bits per heavy atom. The van der Waals surface area contributed by atoms with Crippen molar-refractivity contribution in [2.45, 2.75) is 24.3 Å². The molecule has 102 valence electrons. The number of benzene rings is 1. The quantitative estimate of drug-likeness (QED) is 0.503. The third kappa shape index (κ3) is 3.49. The number of halogens is 1. The highest BCUT2D eigenvalue weighted by atomic mass is 32.2. The van der Waals surface area contributed by atoms with Crippen LogP contribution in [0.1, 0.15) is 13.3 Å². The van der Waals surface area contributed by atoms with Gasteiger partial charge >= 0.3 is 0 Å². The van der Waals surface area contributed by atoms with Crippen LogP contribution < -0.4 is 4.72 Å². The molecule has 0 fully saturated rings. The lowest BCUT2D eigenvalue weighted by Crippen LogP contribution is -2.33. The lowest BCUT2D eigenvalue weighted by Gasteiger charge is -2.11. The number of rotatable bonds is 5. The Morgan fingerprint density at radius 3 is 2.68 bits per heavy atom. The number of nitro benzene ring substituents is 1. The van der Waals surface area contributed by atoms with E-state index in [-0.39, 0.29) is 0 Å². The molecule has 0 saturated carbocycles. The van der Waals surface area contributed by atoms with Crippen LogP contribution in [0.3, 0.4) is 0 Å². The van der Waals surface area contributed by atoms with E-state index in [1.54, 1.807) is 6.92 Å². The summed E-state index contributed by atoms with van der Waals surface area (Å²) in [6.07, 6.45) is 5.42. The topological polar surface area (TPSA) is 89.3 Å². The Labute approximate surface area is 109 Å². The Bertz CT molecular complexity index is 637. The van der Waals surface area contributed by atoms with Crippen LogP contribution in [0, 0.1) is 28.3 Å². The number of nitrogens with zero attached hydrogens (tertiary/aromatic N) is 1. The van der Waals surface area contributed by atoms with Gasteiger partial charge in [-0.2, -0.15) is 4.72 Å². The Hall–Kier alpha value is -1.98. The average Bonchev–Trinajstić information content (AvgIpc) is 2.35. The van der Waals surface area contributed by atoms with Gasteiger partial charge in [0.1, 0.15) is 10.7 Å².